The summed E-state index contributed by atoms with van der Waals surface area (Å²) in [7, 11) is 0. The van der Waals surface area contributed by atoms with Crippen LogP contribution in [0.25, 0.3) is 0 Å². The summed E-state index contributed by atoms with van der Waals surface area (Å²) >= 11 is 5.71. The Morgan fingerprint density at radius 3 is 2.27 bits per heavy atom. The SMILES string of the molecule is CC(CN)(C(=O)O)c1ccc(Cl)cc1.Cl. The van der Waals surface area contributed by atoms with E-state index in [9.17, 15) is 4.79 Å². The molecule has 5 heteroatoms. The lowest BCUT2D eigenvalue weighted by atomic mass is 9.83. The Balaban J connectivity index is 0.00000196. The number of carboxylic acids is 1. The highest BCUT2D eigenvalue weighted by molar-refractivity contribution is 6.30. The average Bonchev–Trinajstić information content (AvgIpc) is 2.17. The van der Waals surface area contributed by atoms with Crippen LogP contribution < -0.4 is 5.73 Å². The molecular weight excluding hydrogens is 237 g/mol. The molecular formula is C10H13Cl2NO2. The number of halogens is 2. The highest BCUT2D eigenvalue weighted by atomic mass is 35.5. The third-order valence-corrected chi connectivity index (χ3v) is 2.61. The van der Waals surface area contributed by atoms with Crippen molar-refractivity contribution in [3.05, 3.63) is 34.9 Å². The molecule has 0 saturated carbocycles. The first kappa shape index (κ1) is 14.2. The van der Waals surface area contributed by atoms with Crippen LogP contribution >= 0.6 is 24.0 Å². The standard InChI is InChI=1S/C10H12ClNO2.ClH/c1-10(6-12,9(13)14)7-2-4-8(11)5-3-7;/h2-5H,6,12H2,1H3,(H,13,14);1H. The second kappa shape index (κ2) is 5.35. The predicted octanol–water partition coefficient (Wildman–Crippen LogP) is 2.06. The molecule has 0 aliphatic carbocycles. The minimum absolute atomic E-state index is 0. The van der Waals surface area contributed by atoms with E-state index in [4.69, 9.17) is 22.4 Å². The van der Waals surface area contributed by atoms with Gasteiger partial charge >= 0.3 is 5.97 Å². The Labute approximate surface area is 99.6 Å². The van der Waals surface area contributed by atoms with Crippen molar-refractivity contribution in [3.63, 3.8) is 0 Å². The first-order valence-corrected chi connectivity index (χ1v) is 4.58. The summed E-state index contributed by atoms with van der Waals surface area (Å²) in [5, 5.41) is 9.62. The smallest absolute Gasteiger partial charge is 0.315 e. The minimum Gasteiger partial charge on any atom is -0.481 e. The van der Waals surface area contributed by atoms with Gasteiger partial charge in [0.15, 0.2) is 0 Å². The van der Waals surface area contributed by atoms with Crippen molar-refractivity contribution in [2.45, 2.75) is 12.3 Å². The minimum atomic E-state index is -1.04. The van der Waals surface area contributed by atoms with Gasteiger partial charge in [-0.25, -0.2) is 0 Å². The molecule has 0 radical (unpaired) electrons. The molecule has 0 spiro atoms. The fourth-order valence-electron chi connectivity index (χ4n) is 1.15. The van der Waals surface area contributed by atoms with E-state index in [-0.39, 0.29) is 19.0 Å². The van der Waals surface area contributed by atoms with E-state index >= 15 is 0 Å². The topological polar surface area (TPSA) is 63.3 Å². The molecule has 0 saturated heterocycles. The van der Waals surface area contributed by atoms with Crippen molar-refractivity contribution >= 4 is 30.0 Å². The van der Waals surface area contributed by atoms with E-state index in [1.165, 1.54) is 0 Å². The van der Waals surface area contributed by atoms with Crippen molar-refractivity contribution in [1.82, 2.24) is 0 Å². The van der Waals surface area contributed by atoms with Crippen molar-refractivity contribution in [2.24, 2.45) is 5.73 Å². The maximum atomic E-state index is 11.0. The zero-order valence-electron chi connectivity index (χ0n) is 8.24. The number of rotatable bonds is 3. The van der Waals surface area contributed by atoms with Crippen LogP contribution in [0.3, 0.4) is 0 Å². The van der Waals surface area contributed by atoms with Gasteiger partial charge in [0.2, 0.25) is 0 Å². The first-order valence-electron chi connectivity index (χ1n) is 4.20. The highest BCUT2D eigenvalue weighted by Gasteiger charge is 2.33. The van der Waals surface area contributed by atoms with Crippen LogP contribution in [0.4, 0.5) is 0 Å². The summed E-state index contributed by atoms with van der Waals surface area (Å²) in [6, 6.07) is 6.69. The van der Waals surface area contributed by atoms with Gasteiger partial charge in [-0.1, -0.05) is 23.7 Å². The fraction of sp³-hybridized carbons (Fsp3) is 0.300. The molecule has 0 aliphatic heterocycles. The number of carboxylic acid groups (broad SMARTS) is 1. The van der Waals surface area contributed by atoms with E-state index in [2.05, 4.69) is 0 Å². The molecule has 0 aliphatic rings. The monoisotopic (exact) mass is 249 g/mol. The van der Waals surface area contributed by atoms with Gasteiger partial charge in [0.1, 0.15) is 5.41 Å². The molecule has 1 unspecified atom stereocenters. The summed E-state index contributed by atoms with van der Waals surface area (Å²) in [4.78, 5) is 11.0. The van der Waals surface area contributed by atoms with Crippen LogP contribution in [0, 0.1) is 0 Å². The van der Waals surface area contributed by atoms with Gasteiger partial charge in [-0.15, -0.1) is 12.4 Å². The molecule has 3 N–H and O–H groups in total. The van der Waals surface area contributed by atoms with Gasteiger partial charge in [0.05, 0.1) is 0 Å². The van der Waals surface area contributed by atoms with Crippen LogP contribution in [0.2, 0.25) is 5.02 Å². The van der Waals surface area contributed by atoms with Gasteiger partial charge in [-0.05, 0) is 24.6 Å². The van der Waals surface area contributed by atoms with Crippen LogP contribution in [-0.2, 0) is 10.2 Å². The third-order valence-electron chi connectivity index (χ3n) is 2.36. The second-order valence-corrected chi connectivity index (χ2v) is 3.78. The molecule has 84 valence electrons. The van der Waals surface area contributed by atoms with Crippen molar-refractivity contribution in [3.8, 4) is 0 Å². The number of benzene rings is 1. The van der Waals surface area contributed by atoms with Crippen LogP contribution in [0.1, 0.15) is 12.5 Å². The summed E-state index contributed by atoms with van der Waals surface area (Å²) in [6.07, 6.45) is 0. The Morgan fingerprint density at radius 1 is 1.47 bits per heavy atom. The molecule has 1 aromatic carbocycles. The fourth-order valence-corrected chi connectivity index (χ4v) is 1.27. The van der Waals surface area contributed by atoms with Crippen LogP contribution in [0.5, 0.6) is 0 Å². The number of hydrogen-bond donors (Lipinski definition) is 2. The summed E-state index contributed by atoms with van der Waals surface area (Å²) in [5.74, 6) is -0.928. The van der Waals surface area contributed by atoms with Crippen molar-refractivity contribution in [2.75, 3.05) is 6.54 Å². The molecule has 0 aromatic heterocycles. The quantitative estimate of drug-likeness (QED) is 0.863. The van der Waals surface area contributed by atoms with Gasteiger partial charge in [0.25, 0.3) is 0 Å². The normalized spacial score (nSPS) is 13.8. The van der Waals surface area contributed by atoms with Crippen LogP contribution in [-0.4, -0.2) is 17.6 Å². The Bertz CT molecular complexity index is 340. The Morgan fingerprint density at radius 2 is 1.93 bits per heavy atom. The molecule has 0 heterocycles. The molecule has 3 nitrogen and oxygen atoms in total. The van der Waals surface area contributed by atoms with Gasteiger partial charge in [-0.2, -0.15) is 0 Å². The van der Waals surface area contributed by atoms with Gasteiger partial charge in [-0.3, -0.25) is 4.79 Å². The Hall–Kier alpha value is -0.770. The predicted molar refractivity (Wildman–Crippen MR) is 62.7 cm³/mol. The number of carbonyl (C=O) groups is 1. The molecule has 0 bridgehead atoms. The van der Waals surface area contributed by atoms with Crippen LogP contribution in [0.15, 0.2) is 24.3 Å². The van der Waals surface area contributed by atoms with E-state index in [1.807, 2.05) is 0 Å². The van der Waals surface area contributed by atoms with Crippen molar-refractivity contribution in [1.29, 1.82) is 0 Å². The molecule has 1 aromatic rings. The molecule has 0 amide bonds. The summed E-state index contributed by atoms with van der Waals surface area (Å²) in [5.41, 5.74) is 5.09. The number of nitrogens with two attached hydrogens (primary N) is 1. The highest BCUT2D eigenvalue weighted by Crippen LogP contribution is 2.24. The van der Waals surface area contributed by atoms with Gasteiger partial charge in [0, 0.05) is 11.6 Å². The Kier molecular flexibility index (Phi) is 5.08. The molecule has 1 atom stereocenters. The average molecular weight is 250 g/mol. The zero-order valence-corrected chi connectivity index (χ0v) is 9.81. The molecule has 15 heavy (non-hydrogen) atoms. The number of hydrogen-bond acceptors (Lipinski definition) is 2. The van der Waals surface area contributed by atoms with E-state index in [0.29, 0.717) is 10.6 Å². The maximum Gasteiger partial charge on any atom is 0.315 e. The lowest BCUT2D eigenvalue weighted by Gasteiger charge is -2.23. The lowest BCUT2D eigenvalue weighted by Crippen LogP contribution is -2.39. The van der Waals surface area contributed by atoms with E-state index in [0.717, 1.165) is 0 Å². The molecule has 1 rings (SSSR count). The maximum absolute atomic E-state index is 11.0. The van der Waals surface area contributed by atoms with E-state index in [1.54, 1.807) is 31.2 Å². The van der Waals surface area contributed by atoms with Gasteiger partial charge < -0.3 is 10.8 Å². The second-order valence-electron chi connectivity index (χ2n) is 3.35. The third kappa shape index (κ3) is 2.84. The summed E-state index contributed by atoms with van der Waals surface area (Å²) < 4.78 is 0. The van der Waals surface area contributed by atoms with E-state index < -0.39 is 11.4 Å². The first-order chi connectivity index (χ1) is 6.50. The largest absolute Gasteiger partial charge is 0.481 e. The van der Waals surface area contributed by atoms with Crippen molar-refractivity contribution < 1.29 is 9.90 Å². The zero-order chi connectivity index (χ0) is 10.8. The number of aliphatic carboxylic acids is 1. The summed E-state index contributed by atoms with van der Waals surface area (Å²) in [6.45, 7) is 1.66. The molecule has 0 fully saturated rings. The lowest BCUT2D eigenvalue weighted by molar-refractivity contribution is -0.142.